The molecule has 0 bridgehead atoms. The fraction of sp³-hybridized carbons (Fsp3) is 0.706. The first-order valence-corrected chi connectivity index (χ1v) is 8.13. The normalized spacial score (nSPS) is 15.5. The first kappa shape index (κ1) is 16.2. The molecule has 21 heavy (non-hydrogen) atoms. The summed E-state index contributed by atoms with van der Waals surface area (Å²) in [6, 6.07) is 2.56. The summed E-state index contributed by atoms with van der Waals surface area (Å²) in [5, 5.41) is 9.04. The first-order valence-electron chi connectivity index (χ1n) is 8.13. The molecule has 1 N–H and O–H groups in total. The summed E-state index contributed by atoms with van der Waals surface area (Å²) in [7, 11) is 0. The second kappa shape index (κ2) is 7.23. The van der Waals surface area contributed by atoms with Gasteiger partial charge in [0.15, 0.2) is 5.78 Å². The van der Waals surface area contributed by atoms with E-state index in [2.05, 4.69) is 23.3 Å². The molecule has 118 valence electrons. The summed E-state index contributed by atoms with van der Waals surface area (Å²) >= 11 is 0. The Labute approximate surface area is 127 Å². The maximum absolute atomic E-state index is 12.6. The number of hydrogen-bond acceptors (Lipinski definition) is 3. The van der Waals surface area contributed by atoms with Crippen molar-refractivity contribution in [1.82, 2.24) is 9.47 Å². The number of aliphatic hydroxyl groups excluding tert-OH is 1. The quantitative estimate of drug-likeness (QED) is 0.749. The van der Waals surface area contributed by atoms with Crippen molar-refractivity contribution in [3.63, 3.8) is 0 Å². The zero-order chi connectivity index (χ0) is 15.4. The maximum atomic E-state index is 12.6. The van der Waals surface area contributed by atoms with Crippen LogP contribution in [0.2, 0.25) is 0 Å². The van der Waals surface area contributed by atoms with E-state index in [1.54, 1.807) is 0 Å². The molecule has 0 amide bonds. The molecule has 0 saturated heterocycles. The average molecular weight is 292 g/mol. The van der Waals surface area contributed by atoms with E-state index in [0.717, 1.165) is 36.5 Å². The smallest absolute Gasteiger partial charge is 0.178 e. The minimum Gasteiger partial charge on any atom is -0.396 e. The van der Waals surface area contributed by atoms with Crippen LogP contribution in [0.15, 0.2) is 6.07 Å². The summed E-state index contributed by atoms with van der Waals surface area (Å²) in [5.41, 5.74) is 3.10. The van der Waals surface area contributed by atoms with Gasteiger partial charge in [0.05, 0.1) is 6.54 Å². The van der Waals surface area contributed by atoms with Crippen LogP contribution in [0.3, 0.4) is 0 Å². The van der Waals surface area contributed by atoms with Crippen LogP contribution in [-0.4, -0.2) is 46.1 Å². The van der Waals surface area contributed by atoms with E-state index in [1.165, 1.54) is 19.3 Å². The van der Waals surface area contributed by atoms with Crippen LogP contribution in [0.1, 0.15) is 54.4 Å². The van der Waals surface area contributed by atoms with Crippen molar-refractivity contribution in [2.45, 2.75) is 59.0 Å². The minimum absolute atomic E-state index is 0.196. The molecule has 0 spiro atoms. The van der Waals surface area contributed by atoms with E-state index >= 15 is 0 Å². The number of Topliss-reactive ketones (excluding diaryl/α,β-unsaturated/α-hetero) is 1. The van der Waals surface area contributed by atoms with Gasteiger partial charge in [-0.25, -0.2) is 0 Å². The lowest BCUT2D eigenvalue weighted by atomic mass is 9.91. The molecule has 0 aromatic carbocycles. The van der Waals surface area contributed by atoms with E-state index in [4.69, 9.17) is 5.11 Å². The molecular formula is C17H28N2O2. The standard InChI is InChI=1S/C17H28N2O2/c1-4-19-13(2)11-16(14(19)3)17(21)12-18(9-6-10-20)15-7-5-8-15/h11,15,20H,4-10,12H2,1-3H3. The lowest BCUT2D eigenvalue weighted by Crippen LogP contribution is -2.43. The number of rotatable bonds is 8. The summed E-state index contributed by atoms with van der Waals surface area (Å²) < 4.78 is 2.19. The number of carbonyl (C=O) groups excluding carboxylic acids is 1. The summed E-state index contributed by atoms with van der Waals surface area (Å²) in [5.74, 6) is 0.215. The van der Waals surface area contributed by atoms with Gasteiger partial charge in [-0.15, -0.1) is 0 Å². The van der Waals surface area contributed by atoms with E-state index in [-0.39, 0.29) is 12.4 Å². The van der Waals surface area contributed by atoms with Gasteiger partial charge in [-0.2, -0.15) is 0 Å². The fourth-order valence-electron chi connectivity index (χ4n) is 3.26. The molecule has 1 aromatic heterocycles. The van der Waals surface area contributed by atoms with E-state index in [0.29, 0.717) is 12.6 Å². The molecule has 1 fully saturated rings. The van der Waals surface area contributed by atoms with Crippen LogP contribution < -0.4 is 0 Å². The number of carbonyl (C=O) groups is 1. The van der Waals surface area contributed by atoms with Crippen molar-refractivity contribution >= 4 is 5.78 Å². The van der Waals surface area contributed by atoms with Crippen molar-refractivity contribution in [2.24, 2.45) is 0 Å². The van der Waals surface area contributed by atoms with Gasteiger partial charge in [0.1, 0.15) is 0 Å². The Balaban J connectivity index is 2.07. The second-order valence-electron chi connectivity index (χ2n) is 6.08. The lowest BCUT2D eigenvalue weighted by Gasteiger charge is -2.37. The molecule has 4 nitrogen and oxygen atoms in total. The molecule has 4 heteroatoms. The van der Waals surface area contributed by atoms with Crippen molar-refractivity contribution in [3.05, 3.63) is 23.0 Å². The van der Waals surface area contributed by atoms with Crippen molar-refractivity contribution < 1.29 is 9.90 Å². The molecule has 1 aromatic rings. The van der Waals surface area contributed by atoms with Crippen molar-refractivity contribution in [2.75, 3.05) is 19.7 Å². The Bertz CT molecular complexity index is 489. The van der Waals surface area contributed by atoms with Gasteiger partial charge < -0.3 is 9.67 Å². The number of nitrogens with zero attached hydrogens (tertiary/aromatic N) is 2. The number of aliphatic hydroxyl groups is 1. The largest absolute Gasteiger partial charge is 0.396 e. The van der Waals surface area contributed by atoms with Crippen LogP contribution >= 0.6 is 0 Å². The van der Waals surface area contributed by atoms with Crippen LogP contribution in [0, 0.1) is 13.8 Å². The highest BCUT2D eigenvalue weighted by Crippen LogP contribution is 2.25. The van der Waals surface area contributed by atoms with Gasteiger partial charge in [0.2, 0.25) is 0 Å². The van der Waals surface area contributed by atoms with Gasteiger partial charge in [-0.3, -0.25) is 9.69 Å². The molecule has 0 radical (unpaired) electrons. The Kier molecular flexibility index (Phi) is 5.59. The molecule has 0 unspecified atom stereocenters. The Morgan fingerprint density at radius 3 is 2.62 bits per heavy atom. The summed E-state index contributed by atoms with van der Waals surface area (Å²) in [4.78, 5) is 14.9. The Morgan fingerprint density at radius 1 is 1.43 bits per heavy atom. The SMILES string of the molecule is CCn1c(C)cc(C(=O)CN(CCCO)C2CCC2)c1C. The lowest BCUT2D eigenvalue weighted by molar-refractivity contribution is 0.0787. The first-order chi connectivity index (χ1) is 10.1. The third kappa shape index (κ3) is 3.55. The third-order valence-electron chi connectivity index (χ3n) is 4.73. The highest BCUT2D eigenvalue weighted by Gasteiger charge is 2.27. The zero-order valence-corrected chi connectivity index (χ0v) is 13.6. The maximum Gasteiger partial charge on any atom is 0.178 e. The predicted molar refractivity (Wildman–Crippen MR) is 84.8 cm³/mol. The highest BCUT2D eigenvalue weighted by molar-refractivity contribution is 5.99. The molecule has 1 aliphatic carbocycles. The predicted octanol–water partition coefficient (Wildman–Crippen LogP) is 2.54. The number of aryl methyl sites for hydroxylation is 1. The van der Waals surface area contributed by atoms with Gasteiger partial charge in [-0.1, -0.05) is 6.42 Å². The Morgan fingerprint density at radius 2 is 2.14 bits per heavy atom. The molecule has 2 rings (SSSR count). The van der Waals surface area contributed by atoms with Gasteiger partial charge in [0.25, 0.3) is 0 Å². The van der Waals surface area contributed by atoms with Crippen LogP contribution in [0.25, 0.3) is 0 Å². The van der Waals surface area contributed by atoms with Crippen LogP contribution in [0.5, 0.6) is 0 Å². The van der Waals surface area contributed by atoms with Crippen LogP contribution in [-0.2, 0) is 6.54 Å². The summed E-state index contributed by atoms with van der Waals surface area (Å²) in [6.45, 7) is 8.60. The molecule has 0 aliphatic heterocycles. The fourth-order valence-corrected chi connectivity index (χ4v) is 3.26. The molecule has 1 heterocycles. The minimum atomic E-state index is 0.196. The Hall–Kier alpha value is -1.13. The van der Waals surface area contributed by atoms with E-state index in [9.17, 15) is 4.79 Å². The molecular weight excluding hydrogens is 264 g/mol. The number of aromatic nitrogens is 1. The molecule has 1 aliphatic rings. The third-order valence-corrected chi connectivity index (χ3v) is 4.73. The van der Waals surface area contributed by atoms with Gasteiger partial charge in [-0.05, 0) is 46.1 Å². The number of hydrogen-bond donors (Lipinski definition) is 1. The monoisotopic (exact) mass is 292 g/mol. The van der Waals surface area contributed by atoms with Crippen LogP contribution in [0.4, 0.5) is 0 Å². The molecule has 1 saturated carbocycles. The van der Waals surface area contributed by atoms with Crippen molar-refractivity contribution in [3.8, 4) is 0 Å². The molecule has 0 atom stereocenters. The average Bonchev–Trinajstić information content (AvgIpc) is 2.68. The highest BCUT2D eigenvalue weighted by atomic mass is 16.3. The van der Waals surface area contributed by atoms with Crippen molar-refractivity contribution in [1.29, 1.82) is 0 Å². The summed E-state index contributed by atoms with van der Waals surface area (Å²) in [6.07, 6.45) is 4.38. The number of ketones is 1. The van der Waals surface area contributed by atoms with Gasteiger partial charge in [0, 0.05) is 42.7 Å². The van der Waals surface area contributed by atoms with Gasteiger partial charge >= 0.3 is 0 Å². The van der Waals surface area contributed by atoms with E-state index in [1.807, 2.05) is 13.0 Å². The zero-order valence-electron chi connectivity index (χ0n) is 13.6. The topological polar surface area (TPSA) is 45.5 Å². The second-order valence-corrected chi connectivity index (χ2v) is 6.08. The van der Waals surface area contributed by atoms with E-state index < -0.39 is 0 Å².